The molecular weight excluding hydrogens is 377 g/mol. The molecule has 26 heavy (non-hydrogen) atoms. The second-order valence-corrected chi connectivity index (χ2v) is 5.78. The van der Waals surface area contributed by atoms with E-state index in [1.165, 1.54) is 20.4 Å². The molecule has 1 amide bonds. The second kappa shape index (κ2) is 8.99. The molecule has 0 aromatic heterocycles. The van der Waals surface area contributed by atoms with Gasteiger partial charge in [0.25, 0.3) is 5.91 Å². The fourth-order valence-corrected chi connectivity index (χ4v) is 2.30. The zero-order valence-corrected chi connectivity index (χ0v) is 15.5. The standard InChI is InChI=1S/C18H15Cl2N3O3/c1-25-16-6-4-13(8-17(16)26-2)23-18(24)11(9-21)10-22-12-3-5-14(19)15(20)7-12/h3-8,10,22H,1-2H3,(H,23,24)/b11-10-. The van der Waals surface area contributed by atoms with Crippen LogP contribution in [0.15, 0.2) is 48.2 Å². The molecule has 0 aliphatic carbocycles. The third-order valence-corrected chi connectivity index (χ3v) is 4.05. The Balaban J connectivity index is 2.13. The minimum absolute atomic E-state index is 0.120. The van der Waals surface area contributed by atoms with Crippen LogP contribution in [-0.2, 0) is 4.79 Å². The highest BCUT2D eigenvalue weighted by Gasteiger charge is 2.11. The summed E-state index contributed by atoms with van der Waals surface area (Å²) in [7, 11) is 3.01. The van der Waals surface area contributed by atoms with Gasteiger partial charge in [-0.25, -0.2) is 0 Å². The van der Waals surface area contributed by atoms with Crippen LogP contribution in [0.25, 0.3) is 0 Å². The van der Waals surface area contributed by atoms with Crippen LogP contribution in [0.3, 0.4) is 0 Å². The van der Waals surface area contributed by atoms with E-state index in [9.17, 15) is 10.1 Å². The van der Waals surface area contributed by atoms with Gasteiger partial charge >= 0.3 is 0 Å². The topological polar surface area (TPSA) is 83.4 Å². The number of anilines is 2. The van der Waals surface area contributed by atoms with E-state index in [-0.39, 0.29) is 5.57 Å². The molecular formula is C18H15Cl2N3O3. The lowest BCUT2D eigenvalue weighted by Crippen LogP contribution is -2.14. The molecule has 2 N–H and O–H groups in total. The van der Waals surface area contributed by atoms with Crippen molar-refractivity contribution in [3.8, 4) is 17.6 Å². The molecule has 0 saturated heterocycles. The van der Waals surface area contributed by atoms with Crippen molar-refractivity contribution in [3.05, 3.63) is 58.2 Å². The maximum atomic E-state index is 12.3. The van der Waals surface area contributed by atoms with Crippen LogP contribution >= 0.6 is 23.2 Å². The largest absolute Gasteiger partial charge is 0.493 e. The summed E-state index contributed by atoms with van der Waals surface area (Å²) in [5.41, 5.74) is 0.931. The predicted octanol–water partition coefficient (Wildman–Crippen LogP) is 4.47. The summed E-state index contributed by atoms with van der Waals surface area (Å²) in [5, 5.41) is 15.5. The first-order chi connectivity index (χ1) is 12.5. The van der Waals surface area contributed by atoms with Gasteiger partial charge in [0.2, 0.25) is 0 Å². The van der Waals surface area contributed by atoms with Crippen LogP contribution in [0.4, 0.5) is 11.4 Å². The molecule has 2 aromatic rings. The number of nitrogens with zero attached hydrogens (tertiary/aromatic N) is 1. The summed E-state index contributed by atoms with van der Waals surface area (Å²) < 4.78 is 10.3. The summed E-state index contributed by atoms with van der Waals surface area (Å²) in [5.74, 6) is 0.414. The Kier molecular flexibility index (Phi) is 6.73. The minimum atomic E-state index is -0.577. The van der Waals surface area contributed by atoms with Crippen LogP contribution in [0.2, 0.25) is 10.0 Å². The van der Waals surface area contributed by atoms with Crippen molar-refractivity contribution >= 4 is 40.5 Å². The molecule has 8 heteroatoms. The lowest BCUT2D eigenvalue weighted by molar-refractivity contribution is -0.112. The van der Waals surface area contributed by atoms with Crippen molar-refractivity contribution in [2.45, 2.75) is 0 Å². The van der Waals surface area contributed by atoms with Gasteiger partial charge in [-0.05, 0) is 30.3 Å². The van der Waals surface area contributed by atoms with E-state index in [0.717, 1.165) is 0 Å². The van der Waals surface area contributed by atoms with E-state index in [0.29, 0.717) is 32.9 Å². The molecule has 0 radical (unpaired) electrons. The van der Waals surface area contributed by atoms with Gasteiger partial charge in [0.1, 0.15) is 11.6 Å². The number of ether oxygens (including phenoxy) is 2. The van der Waals surface area contributed by atoms with Gasteiger partial charge in [0.15, 0.2) is 11.5 Å². The number of carbonyl (C=O) groups is 1. The highest BCUT2D eigenvalue weighted by molar-refractivity contribution is 6.42. The monoisotopic (exact) mass is 391 g/mol. The van der Waals surface area contributed by atoms with Crippen molar-refractivity contribution in [2.75, 3.05) is 24.9 Å². The van der Waals surface area contributed by atoms with E-state index < -0.39 is 5.91 Å². The molecule has 6 nitrogen and oxygen atoms in total. The van der Waals surface area contributed by atoms with Gasteiger partial charge in [-0.1, -0.05) is 23.2 Å². The quantitative estimate of drug-likeness (QED) is 0.560. The number of halogens is 2. The first kappa shape index (κ1) is 19.4. The maximum absolute atomic E-state index is 12.3. The van der Waals surface area contributed by atoms with Gasteiger partial charge in [0.05, 0.1) is 24.3 Å². The smallest absolute Gasteiger partial charge is 0.267 e. The molecule has 0 fully saturated rings. The molecule has 0 unspecified atom stereocenters. The highest BCUT2D eigenvalue weighted by atomic mass is 35.5. The molecule has 2 aromatic carbocycles. The van der Waals surface area contributed by atoms with Crippen molar-refractivity contribution < 1.29 is 14.3 Å². The number of nitriles is 1. The second-order valence-electron chi connectivity index (χ2n) is 4.97. The third kappa shape index (κ3) is 4.82. The first-order valence-corrected chi connectivity index (χ1v) is 8.09. The Morgan fingerprint density at radius 2 is 1.73 bits per heavy atom. The average Bonchev–Trinajstić information content (AvgIpc) is 2.64. The summed E-state index contributed by atoms with van der Waals surface area (Å²) in [6.07, 6.45) is 1.29. The number of hydrogen-bond acceptors (Lipinski definition) is 5. The van der Waals surface area contributed by atoms with E-state index in [1.807, 2.05) is 6.07 Å². The van der Waals surface area contributed by atoms with Gasteiger partial charge in [-0.15, -0.1) is 0 Å². The summed E-state index contributed by atoms with van der Waals surface area (Å²) in [6, 6.07) is 11.6. The minimum Gasteiger partial charge on any atom is -0.493 e. The van der Waals surface area contributed by atoms with Crippen LogP contribution in [-0.4, -0.2) is 20.1 Å². The number of methoxy groups -OCH3 is 2. The first-order valence-electron chi connectivity index (χ1n) is 7.33. The summed E-state index contributed by atoms with van der Waals surface area (Å²) in [6.45, 7) is 0. The molecule has 2 rings (SSSR count). The van der Waals surface area contributed by atoms with Gasteiger partial charge in [0, 0.05) is 23.6 Å². The highest BCUT2D eigenvalue weighted by Crippen LogP contribution is 2.30. The van der Waals surface area contributed by atoms with Crippen LogP contribution < -0.4 is 20.1 Å². The molecule has 134 valence electrons. The van der Waals surface area contributed by atoms with Gasteiger partial charge in [-0.3, -0.25) is 4.79 Å². The molecule has 0 bridgehead atoms. The zero-order chi connectivity index (χ0) is 19.1. The summed E-state index contributed by atoms with van der Waals surface area (Å²) >= 11 is 11.8. The number of amides is 1. The number of hydrogen-bond donors (Lipinski definition) is 2. The van der Waals surface area contributed by atoms with E-state index >= 15 is 0 Å². The number of carbonyl (C=O) groups excluding carboxylic acids is 1. The molecule has 0 saturated carbocycles. The van der Waals surface area contributed by atoms with Crippen LogP contribution in [0.1, 0.15) is 0 Å². The fourth-order valence-electron chi connectivity index (χ4n) is 2.00. The van der Waals surface area contributed by atoms with Crippen LogP contribution in [0, 0.1) is 11.3 Å². The Hall–Kier alpha value is -2.88. The van der Waals surface area contributed by atoms with E-state index in [4.69, 9.17) is 32.7 Å². The lowest BCUT2D eigenvalue weighted by atomic mass is 10.2. The van der Waals surface area contributed by atoms with Crippen LogP contribution in [0.5, 0.6) is 11.5 Å². The summed E-state index contributed by atoms with van der Waals surface area (Å²) in [4.78, 5) is 12.3. The van der Waals surface area contributed by atoms with E-state index in [2.05, 4.69) is 10.6 Å². The van der Waals surface area contributed by atoms with Crippen molar-refractivity contribution in [1.82, 2.24) is 0 Å². The zero-order valence-electron chi connectivity index (χ0n) is 14.0. The number of benzene rings is 2. The third-order valence-electron chi connectivity index (χ3n) is 3.31. The SMILES string of the molecule is COc1ccc(NC(=O)/C(C#N)=C\Nc2ccc(Cl)c(Cl)c2)cc1OC. The number of nitrogens with one attached hydrogen (secondary N) is 2. The van der Waals surface area contributed by atoms with E-state index in [1.54, 1.807) is 36.4 Å². The Morgan fingerprint density at radius 3 is 2.35 bits per heavy atom. The molecule has 0 aliphatic rings. The normalized spacial score (nSPS) is 10.7. The fraction of sp³-hybridized carbons (Fsp3) is 0.111. The molecule has 0 spiro atoms. The number of rotatable bonds is 6. The van der Waals surface area contributed by atoms with Crippen molar-refractivity contribution in [3.63, 3.8) is 0 Å². The lowest BCUT2D eigenvalue weighted by Gasteiger charge is -2.10. The molecule has 0 aliphatic heterocycles. The Bertz CT molecular complexity index is 892. The molecule has 0 atom stereocenters. The maximum Gasteiger partial charge on any atom is 0.267 e. The predicted molar refractivity (Wildman–Crippen MR) is 102 cm³/mol. The Morgan fingerprint density at radius 1 is 1.04 bits per heavy atom. The van der Waals surface area contributed by atoms with Crippen molar-refractivity contribution in [2.24, 2.45) is 0 Å². The average molecular weight is 392 g/mol. The molecule has 0 heterocycles. The van der Waals surface area contributed by atoms with Gasteiger partial charge in [-0.2, -0.15) is 5.26 Å². The van der Waals surface area contributed by atoms with Gasteiger partial charge < -0.3 is 20.1 Å². The Labute approximate surface area is 160 Å². The van der Waals surface area contributed by atoms with Crippen molar-refractivity contribution in [1.29, 1.82) is 5.26 Å².